The van der Waals surface area contributed by atoms with E-state index in [1.807, 2.05) is 24.4 Å². The molecule has 76 valence electrons. The number of carbonyl (C=O) groups is 1. The molecular formula is C11H9ClN2O. The number of hydrogen-bond acceptors (Lipinski definition) is 2. The summed E-state index contributed by atoms with van der Waals surface area (Å²) in [5, 5.41) is 4.09. The van der Waals surface area contributed by atoms with Gasteiger partial charge in [0.15, 0.2) is 5.78 Å². The van der Waals surface area contributed by atoms with Crippen molar-refractivity contribution in [3.8, 4) is 5.69 Å². The molecule has 1 aromatic carbocycles. The molecule has 1 aromatic heterocycles. The largest absolute Gasteiger partial charge is 0.293 e. The van der Waals surface area contributed by atoms with Gasteiger partial charge >= 0.3 is 0 Å². The van der Waals surface area contributed by atoms with Gasteiger partial charge in [-0.2, -0.15) is 5.10 Å². The maximum Gasteiger partial charge on any atom is 0.177 e. The molecule has 2 aromatic rings. The zero-order chi connectivity index (χ0) is 10.7. The van der Waals surface area contributed by atoms with Gasteiger partial charge in [0.25, 0.3) is 0 Å². The number of ketones is 1. The van der Waals surface area contributed by atoms with E-state index in [0.29, 0.717) is 5.56 Å². The van der Waals surface area contributed by atoms with E-state index in [-0.39, 0.29) is 11.7 Å². The van der Waals surface area contributed by atoms with Crippen molar-refractivity contribution in [1.82, 2.24) is 9.78 Å². The standard InChI is InChI=1S/C11H9ClN2O/c12-8-11(15)9-2-4-10(5-3-9)14-7-1-6-13-14/h1-7H,8H2. The first-order valence-corrected chi connectivity index (χ1v) is 5.04. The molecule has 0 fully saturated rings. The molecule has 0 saturated heterocycles. The molecule has 4 heteroatoms. The Balaban J connectivity index is 2.29. The van der Waals surface area contributed by atoms with Crippen LogP contribution in [0.4, 0.5) is 0 Å². The minimum absolute atomic E-state index is 0.0150. The number of benzene rings is 1. The number of nitrogens with zero attached hydrogens (tertiary/aromatic N) is 2. The fraction of sp³-hybridized carbons (Fsp3) is 0.0909. The Bertz CT molecular complexity index is 448. The monoisotopic (exact) mass is 220 g/mol. The van der Waals surface area contributed by atoms with Crippen LogP contribution in [0.15, 0.2) is 42.7 Å². The lowest BCUT2D eigenvalue weighted by atomic mass is 10.1. The highest BCUT2D eigenvalue weighted by Crippen LogP contribution is 2.09. The van der Waals surface area contributed by atoms with E-state index in [1.54, 1.807) is 23.0 Å². The van der Waals surface area contributed by atoms with Gasteiger partial charge in [0.05, 0.1) is 11.6 Å². The molecule has 0 aliphatic heterocycles. The van der Waals surface area contributed by atoms with Crippen molar-refractivity contribution in [3.63, 3.8) is 0 Å². The SMILES string of the molecule is O=C(CCl)c1ccc(-n2cccn2)cc1. The minimum atomic E-state index is -0.0660. The third kappa shape index (κ3) is 2.07. The van der Waals surface area contributed by atoms with Crippen molar-refractivity contribution >= 4 is 17.4 Å². The van der Waals surface area contributed by atoms with Crippen LogP contribution in [0, 0.1) is 0 Å². The zero-order valence-corrected chi connectivity index (χ0v) is 8.69. The lowest BCUT2D eigenvalue weighted by Crippen LogP contribution is -2.01. The summed E-state index contributed by atoms with van der Waals surface area (Å²) in [7, 11) is 0. The van der Waals surface area contributed by atoms with Crippen LogP contribution in [-0.4, -0.2) is 21.4 Å². The highest BCUT2D eigenvalue weighted by Gasteiger charge is 2.03. The fourth-order valence-corrected chi connectivity index (χ4v) is 1.45. The van der Waals surface area contributed by atoms with E-state index in [1.165, 1.54) is 0 Å². The predicted molar refractivity (Wildman–Crippen MR) is 58.6 cm³/mol. The minimum Gasteiger partial charge on any atom is -0.293 e. The first-order chi connectivity index (χ1) is 7.31. The van der Waals surface area contributed by atoms with Gasteiger partial charge in [-0.1, -0.05) is 0 Å². The van der Waals surface area contributed by atoms with E-state index in [4.69, 9.17) is 11.6 Å². The number of hydrogen-bond donors (Lipinski definition) is 0. The zero-order valence-electron chi connectivity index (χ0n) is 7.93. The molecule has 0 aliphatic carbocycles. The second-order valence-corrected chi connectivity index (χ2v) is 3.32. The Morgan fingerprint density at radius 3 is 2.60 bits per heavy atom. The molecule has 0 aliphatic rings. The smallest absolute Gasteiger partial charge is 0.177 e. The quantitative estimate of drug-likeness (QED) is 0.588. The van der Waals surface area contributed by atoms with Gasteiger partial charge in [-0.15, -0.1) is 11.6 Å². The summed E-state index contributed by atoms with van der Waals surface area (Å²) >= 11 is 5.46. The van der Waals surface area contributed by atoms with E-state index < -0.39 is 0 Å². The fourth-order valence-electron chi connectivity index (χ4n) is 1.30. The molecule has 1 heterocycles. The Morgan fingerprint density at radius 1 is 1.33 bits per heavy atom. The molecule has 15 heavy (non-hydrogen) atoms. The van der Waals surface area contributed by atoms with Crippen LogP contribution < -0.4 is 0 Å². The molecule has 0 amide bonds. The van der Waals surface area contributed by atoms with Gasteiger partial charge in [0, 0.05) is 18.0 Å². The van der Waals surface area contributed by atoms with Crippen molar-refractivity contribution in [1.29, 1.82) is 0 Å². The van der Waals surface area contributed by atoms with E-state index in [9.17, 15) is 4.79 Å². The number of alkyl halides is 1. The number of rotatable bonds is 3. The van der Waals surface area contributed by atoms with Crippen LogP contribution in [0.25, 0.3) is 5.69 Å². The van der Waals surface area contributed by atoms with Gasteiger partial charge in [-0.25, -0.2) is 4.68 Å². The topological polar surface area (TPSA) is 34.9 Å². The number of Topliss-reactive ketones (excluding diaryl/α,β-unsaturated/α-hetero) is 1. The van der Waals surface area contributed by atoms with Gasteiger partial charge in [0.2, 0.25) is 0 Å². The molecule has 0 bridgehead atoms. The van der Waals surface area contributed by atoms with Crippen LogP contribution >= 0.6 is 11.6 Å². The Hall–Kier alpha value is -1.61. The predicted octanol–water partition coefficient (Wildman–Crippen LogP) is 2.29. The highest BCUT2D eigenvalue weighted by molar-refractivity contribution is 6.30. The molecule has 0 atom stereocenters. The molecule has 0 unspecified atom stereocenters. The van der Waals surface area contributed by atoms with Crippen LogP contribution in [0.5, 0.6) is 0 Å². The lowest BCUT2D eigenvalue weighted by Gasteiger charge is -2.02. The molecule has 0 N–H and O–H groups in total. The second kappa shape index (κ2) is 4.28. The molecule has 0 radical (unpaired) electrons. The van der Waals surface area contributed by atoms with Crippen LogP contribution in [-0.2, 0) is 0 Å². The van der Waals surface area contributed by atoms with Crippen LogP contribution in [0.1, 0.15) is 10.4 Å². The maximum absolute atomic E-state index is 11.3. The third-order valence-electron chi connectivity index (χ3n) is 2.08. The summed E-state index contributed by atoms with van der Waals surface area (Å²) in [5.74, 6) is -0.0510. The number of aromatic nitrogens is 2. The highest BCUT2D eigenvalue weighted by atomic mass is 35.5. The molecule has 2 rings (SSSR count). The Labute approximate surface area is 92.3 Å². The molecule has 3 nitrogen and oxygen atoms in total. The average Bonchev–Trinajstić information content (AvgIpc) is 2.82. The summed E-state index contributed by atoms with van der Waals surface area (Å²) in [5.41, 5.74) is 1.55. The summed E-state index contributed by atoms with van der Waals surface area (Å²) in [6.07, 6.45) is 3.55. The summed E-state index contributed by atoms with van der Waals surface area (Å²) in [4.78, 5) is 11.3. The second-order valence-electron chi connectivity index (χ2n) is 3.05. The average molecular weight is 221 g/mol. The van der Waals surface area contributed by atoms with Gasteiger partial charge in [0.1, 0.15) is 0 Å². The van der Waals surface area contributed by atoms with Crippen molar-refractivity contribution in [2.24, 2.45) is 0 Å². The van der Waals surface area contributed by atoms with E-state index >= 15 is 0 Å². The first-order valence-electron chi connectivity index (χ1n) is 4.50. The van der Waals surface area contributed by atoms with E-state index in [0.717, 1.165) is 5.69 Å². The van der Waals surface area contributed by atoms with Crippen molar-refractivity contribution in [2.75, 3.05) is 5.88 Å². The summed E-state index contributed by atoms with van der Waals surface area (Å²) < 4.78 is 1.73. The van der Waals surface area contributed by atoms with Crippen molar-refractivity contribution in [2.45, 2.75) is 0 Å². The first kappa shape index (κ1) is 9.93. The normalized spacial score (nSPS) is 10.2. The van der Waals surface area contributed by atoms with E-state index in [2.05, 4.69) is 5.10 Å². The van der Waals surface area contributed by atoms with Crippen molar-refractivity contribution in [3.05, 3.63) is 48.3 Å². The number of halogens is 1. The third-order valence-corrected chi connectivity index (χ3v) is 2.32. The number of carbonyl (C=O) groups excluding carboxylic acids is 1. The lowest BCUT2D eigenvalue weighted by molar-refractivity contribution is 0.102. The summed E-state index contributed by atoms with van der Waals surface area (Å²) in [6.45, 7) is 0. The Morgan fingerprint density at radius 2 is 2.07 bits per heavy atom. The van der Waals surface area contributed by atoms with Gasteiger partial charge in [-0.05, 0) is 30.3 Å². The maximum atomic E-state index is 11.3. The van der Waals surface area contributed by atoms with Crippen molar-refractivity contribution < 1.29 is 4.79 Å². The Kier molecular flexibility index (Phi) is 2.83. The van der Waals surface area contributed by atoms with Gasteiger partial charge in [-0.3, -0.25) is 4.79 Å². The molecule has 0 saturated carbocycles. The molecule has 0 spiro atoms. The summed E-state index contributed by atoms with van der Waals surface area (Å²) in [6, 6.07) is 9.03. The van der Waals surface area contributed by atoms with Crippen LogP contribution in [0.2, 0.25) is 0 Å². The molecular weight excluding hydrogens is 212 g/mol. The van der Waals surface area contributed by atoms with Crippen LogP contribution in [0.3, 0.4) is 0 Å². The van der Waals surface area contributed by atoms with Gasteiger partial charge < -0.3 is 0 Å².